The summed E-state index contributed by atoms with van der Waals surface area (Å²) in [5.41, 5.74) is 1.97. The highest BCUT2D eigenvalue weighted by atomic mass is 16.5. The number of nitrogens with one attached hydrogen (secondary N) is 1. The predicted molar refractivity (Wildman–Crippen MR) is 110 cm³/mol. The summed E-state index contributed by atoms with van der Waals surface area (Å²) in [6.45, 7) is 4.18. The Bertz CT molecular complexity index is 839. The monoisotopic (exact) mass is 398 g/mol. The predicted octanol–water partition coefficient (Wildman–Crippen LogP) is 2.48. The van der Waals surface area contributed by atoms with Crippen molar-refractivity contribution in [3.63, 3.8) is 0 Å². The number of hydrogen-bond acceptors (Lipinski definition) is 5. The van der Waals surface area contributed by atoms with Crippen molar-refractivity contribution in [1.29, 1.82) is 0 Å². The van der Waals surface area contributed by atoms with Gasteiger partial charge in [0.25, 0.3) is 0 Å². The molecule has 2 aromatic rings. The van der Waals surface area contributed by atoms with Crippen LogP contribution in [0.1, 0.15) is 30.4 Å². The molecule has 1 spiro atoms. The number of hydrogen-bond donors (Lipinski definition) is 1. The lowest BCUT2D eigenvalue weighted by Gasteiger charge is -2.39. The quantitative estimate of drug-likeness (QED) is 0.776. The lowest BCUT2D eigenvalue weighted by molar-refractivity contribution is -0.146. The molecule has 2 aliphatic rings. The fourth-order valence-electron chi connectivity index (χ4n) is 4.82. The number of methoxy groups -OCH3 is 2. The Morgan fingerprint density at radius 3 is 2.86 bits per heavy atom. The van der Waals surface area contributed by atoms with Crippen molar-refractivity contribution < 1.29 is 14.3 Å². The molecular formula is C22H30N4O3. The average molecular weight is 399 g/mol. The number of piperidine rings is 1. The number of ether oxygens (including phenoxy) is 2. The van der Waals surface area contributed by atoms with Crippen LogP contribution < -0.4 is 9.47 Å². The maximum atomic E-state index is 13.5. The zero-order chi connectivity index (χ0) is 20.3. The van der Waals surface area contributed by atoms with Crippen LogP contribution in [-0.2, 0) is 17.8 Å². The van der Waals surface area contributed by atoms with Crippen molar-refractivity contribution in [2.75, 3.05) is 40.4 Å². The first-order valence-corrected chi connectivity index (χ1v) is 10.3. The number of nitrogens with zero attached hydrogens (tertiary/aromatic N) is 3. The third-order valence-corrected chi connectivity index (χ3v) is 6.37. The van der Waals surface area contributed by atoms with Crippen LogP contribution in [0.5, 0.6) is 11.5 Å². The SMILES string of the molecule is COc1cccc(CN2CCCC3(CCN(CCc4cn[nH]c4)C3)C2=O)c1OC. The van der Waals surface area contributed by atoms with Gasteiger partial charge in [0.15, 0.2) is 11.5 Å². The standard InChI is InChI=1S/C22H30N4O3/c1-28-19-6-3-5-18(20(19)29-2)15-26-10-4-8-22(21(26)27)9-12-25(16-22)11-7-17-13-23-24-14-17/h3,5-6,13-14H,4,7-12,15-16H2,1-2H3,(H,23,24). The number of carbonyl (C=O) groups excluding carboxylic acids is 1. The minimum Gasteiger partial charge on any atom is -0.493 e. The van der Waals surface area contributed by atoms with Crippen LogP contribution in [0, 0.1) is 5.41 Å². The van der Waals surface area contributed by atoms with E-state index in [0.717, 1.165) is 63.2 Å². The molecule has 3 heterocycles. The van der Waals surface area contributed by atoms with E-state index >= 15 is 0 Å². The van der Waals surface area contributed by atoms with Gasteiger partial charge in [0.1, 0.15) is 0 Å². The van der Waals surface area contributed by atoms with Crippen LogP contribution in [0.2, 0.25) is 0 Å². The van der Waals surface area contributed by atoms with E-state index in [0.29, 0.717) is 18.2 Å². The second-order valence-electron chi connectivity index (χ2n) is 8.15. The Morgan fingerprint density at radius 1 is 1.21 bits per heavy atom. The highest BCUT2D eigenvalue weighted by Crippen LogP contribution is 2.41. The first-order chi connectivity index (χ1) is 14.1. The molecule has 1 aromatic heterocycles. The Morgan fingerprint density at radius 2 is 2.10 bits per heavy atom. The number of benzene rings is 1. The molecule has 0 radical (unpaired) electrons. The molecule has 0 bridgehead atoms. The van der Waals surface area contributed by atoms with Gasteiger partial charge in [-0.25, -0.2) is 0 Å². The molecule has 1 aromatic carbocycles. The van der Waals surface area contributed by atoms with Gasteiger partial charge in [-0.1, -0.05) is 12.1 Å². The van der Waals surface area contributed by atoms with Gasteiger partial charge in [-0.05, 0) is 43.9 Å². The Hall–Kier alpha value is -2.54. The fraction of sp³-hybridized carbons (Fsp3) is 0.545. The lowest BCUT2D eigenvalue weighted by Crippen LogP contribution is -2.49. The summed E-state index contributed by atoms with van der Waals surface area (Å²) in [6.07, 6.45) is 7.77. The van der Waals surface area contributed by atoms with E-state index in [1.54, 1.807) is 14.2 Å². The largest absolute Gasteiger partial charge is 0.493 e. The summed E-state index contributed by atoms with van der Waals surface area (Å²) in [4.78, 5) is 17.9. The molecule has 2 aliphatic heterocycles. The molecule has 1 amide bonds. The van der Waals surface area contributed by atoms with Crippen molar-refractivity contribution in [2.45, 2.75) is 32.2 Å². The van der Waals surface area contributed by atoms with Crippen LogP contribution in [0.3, 0.4) is 0 Å². The molecular weight excluding hydrogens is 368 g/mol. The van der Waals surface area contributed by atoms with Crippen LogP contribution in [0.4, 0.5) is 0 Å². The lowest BCUT2D eigenvalue weighted by atomic mass is 9.78. The highest BCUT2D eigenvalue weighted by molar-refractivity contribution is 5.84. The molecule has 0 saturated carbocycles. The van der Waals surface area contributed by atoms with Crippen LogP contribution in [0.15, 0.2) is 30.6 Å². The molecule has 0 aliphatic carbocycles. The zero-order valence-corrected chi connectivity index (χ0v) is 17.3. The normalized spacial score (nSPS) is 22.4. The Kier molecular flexibility index (Phi) is 5.76. The van der Waals surface area contributed by atoms with E-state index < -0.39 is 0 Å². The summed E-state index contributed by atoms with van der Waals surface area (Å²) in [5, 5.41) is 6.88. The maximum absolute atomic E-state index is 13.5. The molecule has 2 saturated heterocycles. The summed E-state index contributed by atoms with van der Waals surface area (Å²) in [6, 6.07) is 5.85. The van der Waals surface area contributed by atoms with Gasteiger partial charge in [-0.3, -0.25) is 9.89 Å². The number of para-hydroxylation sites is 1. The molecule has 1 unspecified atom stereocenters. The molecule has 7 nitrogen and oxygen atoms in total. The number of aromatic nitrogens is 2. The molecule has 4 rings (SSSR count). The number of rotatable bonds is 7. The minimum absolute atomic E-state index is 0.235. The summed E-state index contributed by atoms with van der Waals surface area (Å²) >= 11 is 0. The van der Waals surface area contributed by atoms with E-state index in [4.69, 9.17) is 9.47 Å². The Labute approximate surface area is 172 Å². The number of aromatic amines is 1. The van der Waals surface area contributed by atoms with Gasteiger partial charge in [-0.2, -0.15) is 5.10 Å². The molecule has 2 fully saturated rings. The molecule has 29 heavy (non-hydrogen) atoms. The first kappa shape index (κ1) is 19.8. The Balaban J connectivity index is 1.43. The molecule has 1 atom stereocenters. The van der Waals surface area contributed by atoms with E-state index in [9.17, 15) is 4.79 Å². The smallest absolute Gasteiger partial charge is 0.230 e. The topological polar surface area (TPSA) is 70.7 Å². The molecule has 156 valence electrons. The van der Waals surface area contributed by atoms with Gasteiger partial charge in [0, 0.05) is 37.9 Å². The summed E-state index contributed by atoms with van der Waals surface area (Å²) < 4.78 is 11.0. The van der Waals surface area contributed by atoms with Crippen LogP contribution >= 0.6 is 0 Å². The fourth-order valence-corrected chi connectivity index (χ4v) is 4.82. The molecule has 7 heteroatoms. The maximum Gasteiger partial charge on any atom is 0.230 e. The van der Waals surface area contributed by atoms with Gasteiger partial charge in [0.2, 0.25) is 5.91 Å². The van der Waals surface area contributed by atoms with Crippen molar-refractivity contribution in [3.05, 3.63) is 41.7 Å². The van der Waals surface area contributed by atoms with Gasteiger partial charge in [0.05, 0.1) is 25.8 Å². The van der Waals surface area contributed by atoms with E-state index in [2.05, 4.69) is 15.1 Å². The summed E-state index contributed by atoms with van der Waals surface area (Å²) in [7, 11) is 3.29. The number of carbonyl (C=O) groups is 1. The molecule has 1 N–H and O–H groups in total. The minimum atomic E-state index is -0.235. The average Bonchev–Trinajstić information content (AvgIpc) is 3.40. The van der Waals surface area contributed by atoms with E-state index in [1.807, 2.05) is 35.5 Å². The van der Waals surface area contributed by atoms with E-state index in [-0.39, 0.29) is 5.41 Å². The van der Waals surface area contributed by atoms with Crippen LogP contribution in [-0.4, -0.2) is 66.3 Å². The number of likely N-dealkylation sites (tertiary alicyclic amines) is 2. The first-order valence-electron chi connectivity index (χ1n) is 10.3. The van der Waals surface area contributed by atoms with Crippen molar-refractivity contribution >= 4 is 5.91 Å². The van der Waals surface area contributed by atoms with Crippen molar-refractivity contribution in [2.24, 2.45) is 5.41 Å². The van der Waals surface area contributed by atoms with Crippen LogP contribution in [0.25, 0.3) is 0 Å². The van der Waals surface area contributed by atoms with Gasteiger partial charge in [-0.15, -0.1) is 0 Å². The van der Waals surface area contributed by atoms with Crippen molar-refractivity contribution in [3.8, 4) is 11.5 Å². The third kappa shape index (κ3) is 3.96. The van der Waals surface area contributed by atoms with Gasteiger partial charge < -0.3 is 19.3 Å². The van der Waals surface area contributed by atoms with E-state index in [1.165, 1.54) is 5.56 Å². The zero-order valence-electron chi connectivity index (χ0n) is 17.3. The van der Waals surface area contributed by atoms with Gasteiger partial charge >= 0.3 is 0 Å². The second-order valence-corrected chi connectivity index (χ2v) is 8.15. The summed E-state index contributed by atoms with van der Waals surface area (Å²) in [5.74, 6) is 1.71. The number of H-pyrrole nitrogens is 1. The highest BCUT2D eigenvalue weighted by Gasteiger charge is 2.48. The number of amides is 1. The second kappa shape index (κ2) is 8.45. The van der Waals surface area contributed by atoms with Crippen molar-refractivity contribution in [1.82, 2.24) is 20.0 Å². The third-order valence-electron chi connectivity index (χ3n) is 6.37.